The smallest absolute Gasteiger partial charge is 0.338 e. The van der Waals surface area contributed by atoms with Crippen LogP contribution in [0.25, 0.3) is 0 Å². The van der Waals surface area contributed by atoms with E-state index in [1.807, 2.05) is 6.92 Å². The molecule has 0 saturated heterocycles. The van der Waals surface area contributed by atoms with Crippen molar-refractivity contribution in [1.82, 2.24) is 0 Å². The standard InChI is InChI=1S/C13H14O4/c1-3-4-8-17-13(15)11-7-5-6-10(9-11)12(14)16-2/h3-7,9H,8H2,1-2H3. The van der Waals surface area contributed by atoms with Gasteiger partial charge in [0.2, 0.25) is 0 Å². The predicted octanol–water partition coefficient (Wildman–Crippen LogP) is 2.21. The van der Waals surface area contributed by atoms with Crippen molar-refractivity contribution in [1.29, 1.82) is 0 Å². The summed E-state index contributed by atoms with van der Waals surface area (Å²) in [5.74, 6) is -0.943. The van der Waals surface area contributed by atoms with Crippen molar-refractivity contribution in [3.63, 3.8) is 0 Å². The van der Waals surface area contributed by atoms with Gasteiger partial charge in [-0.3, -0.25) is 0 Å². The van der Waals surface area contributed by atoms with Gasteiger partial charge in [0.05, 0.1) is 18.2 Å². The molecule has 0 atom stereocenters. The van der Waals surface area contributed by atoms with Crippen molar-refractivity contribution in [3.8, 4) is 0 Å². The predicted molar refractivity (Wildman–Crippen MR) is 62.9 cm³/mol. The van der Waals surface area contributed by atoms with E-state index in [2.05, 4.69) is 4.74 Å². The summed E-state index contributed by atoms with van der Waals surface area (Å²) in [6.45, 7) is 2.06. The number of hydrogen-bond donors (Lipinski definition) is 0. The highest BCUT2D eigenvalue weighted by Gasteiger charge is 2.10. The lowest BCUT2D eigenvalue weighted by Crippen LogP contribution is -2.07. The summed E-state index contributed by atoms with van der Waals surface area (Å²) in [6, 6.07) is 6.22. The quantitative estimate of drug-likeness (QED) is 0.592. The van der Waals surface area contributed by atoms with Crippen molar-refractivity contribution < 1.29 is 19.1 Å². The molecule has 0 heterocycles. The van der Waals surface area contributed by atoms with E-state index in [0.29, 0.717) is 11.1 Å². The van der Waals surface area contributed by atoms with Crippen LogP contribution in [0, 0.1) is 0 Å². The molecule has 0 radical (unpaired) electrons. The van der Waals surface area contributed by atoms with Crippen LogP contribution in [-0.2, 0) is 9.47 Å². The molecule has 1 aromatic carbocycles. The first-order valence-corrected chi connectivity index (χ1v) is 5.15. The van der Waals surface area contributed by atoms with Gasteiger partial charge < -0.3 is 9.47 Å². The minimum absolute atomic E-state index is 0.220. The molecule has 0 amide bonds. The van der Waals surface area contributed by atoms with E-state index in [0.717, 1.165) is 0 Å². The fraction of sp³-hybridized carbons (Fsp3) is 0.231. The fourth-order valence-electron chi connectivity index (χ4n) is 1.19. The number of esters is 2. The summed E-state index contributed by atoms with van der Waals surface area (Å²) < 4.78 is 9.53. The Balaban J connectivity index is 2.77. The van der Waals surface area contributed by atoms with Crippen LogP contribution in [0.5, 0.6) is 0 Å². The largest absolute Gasteiger partial charge is 0.465 e. The van der Waals surface area contributed by atoms with E-state index in [-0.39, 0.29) is 6.61 Å². The van der Waals surface area contributed by atoms with Gasteiger partial charge in [0.25, 0.3) is 0 Å². The molecular formula is C13H14O4. The molecule has 0 fully saturated rings. The van der Waals surface area contributed by atoms with E-state index in [9.17, 15) is 9.59 Å². The Hall–Kier alpha value is -2.10. The molecule has 0 bridgehead atoms. The summed E-state index contributed by atoms with van der Waals surface area (Å²) in [5, 5.41) is 0. The molecule has 17 heavy (non-hydrogen) atoms. The number of hydrogen-bond acceptors (Lipinski definition) is 4. The van der Waals surface area contributed by atoms with Crippen LogP contribution in [-0.4, -0.2) is 25.7 Å². The number of rotatable bonds is 4. The molecule has 0 N–H and O–H groups in total. The molecule has 1 aromatic rings. The first-order valence-electron chi connectivity index (χ1n) is 5.15. The molecule has 0 unspecified atom stereocenters. The van der Waals surface area contributed by atoms with Crippen LogP contribution in [0.1, 0.15) is 27.6 Å². The number of benzene rings is 1. The van der Waals surface area contributed by atoms with Gasteiger partial charge >= 0.3 is 11.9 Å². The highest BCUT2D eigenvalue weighted by atomic mass is 16.5. The summed E-state index contributed by atoms with van der Waals surface area (Å²) in [5.41, 5.74) is 0.658. The minimum Gasteiger partial charge on any atom is -0.465 e. The minimum atomic E-state index is -0.479. The third kappa shape index (κ3) is 3.75. The van der Waals surface area contributed by atoms with Gasteiger partial charge in [0.1, 0.15) is 6.61 Å². The molecule has 4 nitrogen and oxygen atoms in total. The maximum absolute atomic E-state index is 11.6. The molecule has 0 spiro atoms. The van der Waals surface area contributed by atoms with Gasteiger partial charge in [-0.25, -0.2) is 9.59 Å². The SMILES string of the molecule is CC=CCOC(=O)c1cccc(C(=O)OC)c1. The lowest BCUT2D eigenvalue weighted by molar-refractivity contribution is 0.0549. The second kappa shape index (κ2) is 6.48. The van der Waals surface area contributed by atoms with Crippen LogP contribution in [0.3, 0.4) is 0 Å². The number of ether oxygens (including phenoxy) is 2. The molecule has 0 saturated carbocycles. The molecule has 0 aliphatic rings. The van der Waals surface area contributed by atoms with E-state index in [1.54, 1.807) is 30.4 Å². The Bertz CT molecular complexity index is 435. The zero-order valence-corrected chi connectivity index (χ0v) is 9.80. The second-order valence-electron chi connectivity index (χ2n) is 3.24. The number of carbonyl (C=O) groups is 2. The zero-order chi connectivity index (χ0) is 12.7. The Morgan fingerprint density at radius 2 is 1.88 bits per heavy atom. The molecule has 0 aliphatic heterocycles. The Morgan fingerprint density at radius 3 is 2.47 bits per heavy atom. The van der Waals surface area contributed by atoms with Gasteiger partial charge in [0.15, 0.2) is 0 Å². The normalized spacial score (nSPS) is 10.2. The monoisotopic (exact) mass is 234 g/mol. The van der Waals surface area contributed by atoms with Gasteiger partial charge in [-0.15, -0.1) is 0 Å². The Labute approximate surface area is 99.8 Å². The third-order valence-electron chi connectivity index (χ3n) is 2.07. The summed E-state index contributed by atoms with van der Waals surface area (Å²) in [6.07, 6.45) is 3.51. The number of carbonyl (C=O) groups excluding carboxylic acids is 2. The fourth-order valence-corrected chi connectivity index (χ4v) is 1.19. The van der Waals surface area contributed by atoms with E-state index in [1.165, 1.54) is 13.2 Å². The van der Waals surface area contributed by atoms with Crippen molar-refractivity contribution in [2.24, 2.45) is 0 Å². The molecule has 4 heteroatoms. The van der Waals surface area contributed by atoms with Gasteiger partial charge in [-0.2, -0.15) is 0 Å². The average Bonchev–Trinajstić information content (AvgIpc) is 2.38. The lowest BCUT2D eigenvalue weighted by Gasteiger charge is -2.03. The van der Waals surface area contributed by atoms with E-state index in [4.69, 9.17) is 4.74 Å². The zero-order valence-electron chi connectivity index (χ0n) is 9.80. The summed E-state index contributed by atoms with van der Waals surface area (Å²) in [7, 11) is 1.29. The van der Waals surface area contributed by atoms with E-state index >= 15 is 0 Å². The van der Waals surface area contributed by atoms with Crippen molar-refractivity contribution >= 4 is 11.9 Å². The van der Waals surface area contributed by atoms with E-state index < -0.39 is 11.9 Å². The molecule has 1 rings (SSSR count). The molecular weight excluding hydrogens is 220 g/mol. The van der Waals surface area contributed by atoms with Crippen LogP contribution in [0.4, 0.5) is 0 Å². The van der Waals surface area contributed by atoms with Crippen LogP contribution in [0.15, 0.2) is 36.4 Å². The molecule has 0 aromatic heterocycles. The second-order valence-corrected chi connectivity index (χ2v) is 3.24. The van der Waals surface area contributed by atoms with Crippen LogP contribution < -0.4 is 0 Å². The lowest BCUT2D eigenvalue weighted by atomic mass is 10.1. The Kier molecular flexibility index (Phi) is 4.94. The van der Waals surface area contributed by atoms with Crippen molar-refractivity contribution in [3.05, 3.63) is 47.5 Å². The number of methoxy groups -OCH3 is 1. The maximum Gasteiger partial charge on any atom is 0.338 e. The van der Waals surface area contributed by atoms with Gasteiger partial charge in [-0.05, 0) is 25.1 Å². The van der Waals surface area contributed by atoms with Gasteiger partial charge in [0, 0.05) is 0 Å². The molecule has 0 aliphatic carbocycles. The van der Waals surface area contributed by atoms with Crippen molar-refractivity contribution in [2.45, 2.75) is 6.92 Å². The first-order chi connectivity index (χ1) is 8.19. The maximum atomic E-state index is 11.6. The highest BCUT2D eigenvalue weighted by Crippen LogP contribution is 2.08. The van der Waals surface area contributed by atoms with Gasteiger partial charge in [-0.1, -0.05) is 18.2 Å². The highest BCUT2D eigenvalue weighted by molar-refractivity contribution is 5.95. The summed E-state index contributed by atoms with van der Waals surface area (Å²) in [4.78, 5) is 22.8. The topological polar surface area (TPSA) is 52.6 Å². The van der Waals surface area contributed by atoms with Crippen LogP contribution >= 0.6 is 0 Å². The van der Waals surface area contributed by atoms with Crippen LogP contribution in [0.2, 0.25) is 0 Å². The molecule has 90 valence electrons. The first kappa shape index (κ1) is 13.0. The summed E-state index contributed by atoms with van der Waals surface area (Å²) >= 11 is 0. The van der Waals surface area contributed by atoms with Crippen molar-refractivity contribution in [2.75, 3.05) is 13.7 Å². The average molecular weight is 234 g/mol. The third-order valence-corrected chi connectivity index (χ3v) is 2.07. The Morgan fingerprint density at radius 1 is 1.24 bits per heavy atom. The number of allylic oxidation sites excluding steroid dienone is 1.